The van der Waals surface area contributed by atoms with Crippen LogP contribution in [0, 0.1) is 11.3 Å². The number of hydrogen-bond acceptors (Lipinski definition) is 3. The molecule has 0 aromatic rings. The van der Waals surface area contributed by atoms with E-state index in [-0.39, 0.29) is 17.2 Å². The highest BCUT2D eigenvalue weighted by Crippen LogP contribution is 2.33. The minimum absolute atomic E-state index is 0.0207. The second-order valence-electron chi connectivity index (χ2n) is 7.50. The third kappa shape index (κ3) is 4.29. The Morgan fingerprint density at radius 3 is 2.48 bits per heavy atom. The topological polar surface area (TPSA) is 49.4 Å². The maximum Gasteiger partial charge on any atom is 0.229 e. The Balaban J connectivity index is 1.85. The highest BCUT2D eigenvalue weighted by atomic mass is 16.2. The fourth-order valence-electron chi connectivity index (χ4n) is 3.74. The van der Waals surface area contributed by atoms with Gasteiger partial charge in [-0.25, -0.2) is 0 Å². The van der Waals surface area contributed by atoms with E-state index in [9.17, 15) is 9.59 Å². The van der Waals surface area contributed by atoms with Crippen molar-refractivity contribution < 1.29 is 9.59 Å². The molecule has 0 aromatic carbocycles. The summed E-state index contributed by atoms with van der Waals surface area (Å²) in [5.74, 6) is 0.659. The van der Waals surface area contributed by atoms with Gasteiger partial charge in [0.15, 0.2) is 0 Å². The Bertz CT molecular complexity index is 372. The molecule has 120 valence electrons. The number of carbonyl (C=O) groups is 2. The summed E-state index contributed by atoms with van der Waals surface area (Å²) in [4.78, 5) is 25.9. The van der Waals surface area contributed by atoms with Gasteiger partial charge in [-0.05, 0) is 43.6 Å². The van der Waals surface area contributed by atoms with Gasteiger partial charge < -0.3 is 5.32 Å². The average molecular weight is 294 g/mol. The fourth-order valence-corrected chi connectivity index (χ4v) is 3.74. The second kappa shape index (κ2) is 6.91. The van der Waals surface area contributed by atoms with Gasteiger partial charge in [-0.2, -0.15) is 0 Å². The van der Waals surface area contributed by atoms with Gasteiger partial charge in [-0.1, -0.05) is 27.2 Å². The van der Waals surface area contributed by atoms with Crippen LogP contribution in [0.5, 0.6) is 0 Å². The predicted octanol–water partition coefficient (Wildman–Crippen LogP) is 2.72. The molecule has 2 aliphatic rings. The van der Waals surface area contributed by atoms with Crippen molar-refractivity contribution in [2.45, 2.75) is 71.8 Å². The third-order valence-corrected chi connectivity index (χ3v) is 4.90. The zero-order valence-corrected chi connectivity index (χ0v) is 13.8. The molecule has 2 amide bonds. The molecule has 2 atom stereocenters. The molecule has 2 rings (SSSR count). The molecule has 1 saturated carbocycles. The van der Waals surface area contributed by atoms with Crippen LogP contribution in [0.3, 0.4) is 0 Å². The molecule has 1 N–H and O–H groups in total. The Kier molecular flexibility index (Phi) is 5.42. The summed E-state index contributed by atoms with van der Waals surface area (Å²) in [6.45, 7) is 7.87. The lowest BCUT2D eigenvalue weighted by Crippen LogP contribution is -2.47. The standard InChI is InChI=1S/C17H30N2O2/c1-4-9-18-14-7-5-6-13(14)8-10-19-15(20)11-17(2,3)12-16(19)21/h13-14,18H,4-12H2,1-3H3. The molecule has 2 fully saturated rings. The Morgan fingerprint density at radius 2 is 1.86 bits per heavy atom. The Labute approximate surface area is 128 Å². The van der Waals surface area contributed by atoms with Crippen LogP contribution in [0.25, 0.3) is 0 Å². The number of imide groups is 1. The summed E-state index contributed by atoms with van der Waals surface area (Å²) >= 11 is 0. The number of likely N-dealkylation sites (tertiary alicyclic amines) is 1. The number of amides is 2. The van der Waals surface area contributed by atoms with Crippen LogP contribution in [0.15, 0.2) is 0 Å². The molecular formula is C17H30N2O2. The lowest BCUT2D eigenvalue weighted by Gasteiger charge is -2.35. The molecule has 2 unspecified atom stereocenters. The summed E-state index contributed by atoms with van der Waals surface area (Å²) < 4.78 is 0. The van der Waals surface area contributed by atoms with E-state index >= 15 is 0 Å². The van der Waals surface area contributed by atoms with Crippen molar-refractivity contribution in [1.29, 1.82) is 0 Å². The van der Waals surface area contributed by atoms with Crippen molar-refractivity contribution in [2.75, 3.05) is 13.1 Å². The van der Waals surface area contributed by atoms with E-state index in [1.807, 2.05) is 13.8 Å². The molecule has 4 heteroatoms. The van der Waals surface area contributed by atoms with E-state index in [2.05, 4.69) is 12.2 Å². The predicted molar refractivity (Wildman–Crippen MR) is 83.8 cm³/mol. The fraction of sp³-hybridized carbons (Fsp3) is 0.882. The molecule has 4 nitrogen and oxygen atoms in total. The highest BCUT2D eigenvalue weighted by Gasteiger charge is 2.38. The van der Waals surface area contributed by atoms with Gasteiger partial charge in [-0.3, -0.25) is 14.5 Å². The molecule has 0 spiro atoms. The molecule has 1 aliphatic heterocycles. The third-order valence-electron chi connectivity index (χ3n) is 4.90. The van der Waals surface area contributed by atoms with Crippen LogP contribution in [-0.4, -0.2) is 35.8 Å². The molecule has 21 heavy (non-hydrogen) atoms. The lowest BCUT2D eigenvalue weighted by molar-refractivity contribution is -0.152. The van der Waals surface area contributed by atoms with Gasteiger partial charge in [0.2, 0.25) is 11.8 Å². The minimum atomic E-state index is -0.163. The summed E-state index contributed by atoms with van der Waals surface area (Å²) in [6.07, 6.45) is 6.84. The van der Waals surface area contributed by atoms with Crippen LogP contribution in [-0.2, 0) is 9.59 Å². The van der Waals surface area contributed by atoms with Crippen LogP contribution in [0.4, 0.5) is 0 Å². The molecule has 0 bridgehead atoms. The minimum Gasteiger partial charge on any atom is -0.314 e. The maximum atomic E-state index is 12.2. The SMILES string of the molecule is CCCNC1CCCC1CCN1C(=O)CC(C)(C)CC1=O. The van der Waals surface area contributed by atoms with Gasteiger partial charge in [0.05, 0.1) is 0 Å². The normalized spacial score (nSPS) is 29.2. The second-order valence-corrected chi connectivity index (χ2v) is 7.50. The number of hydrogen-bond donors (Lipinski definition) is 1. The molecule has 0 radical (unpaired) electrons. The van der Waals surface area contributed by atoms with Crippen molar-refractivity contribution >= 4 is 11.8 Å². The highest BCUT2D eigenvalue weighted by molar-refractivity contribution is 5.98. The summed E-state index contributed by atoms with van der Waals surface area (Å²) in [6, 6.07) is 0.580. The van der Waals surface area contributed by atoms with E-state index in [0.29, 0.717) is 31.3 Å². The smallest absolute Gasteiger partial charge is 0.229 e. The first kappa shape index (κ1) is 16.5. The first-order valence-electron chi connectivity index (χ1n) is 8.49. The van der Waals surface area contributed by atoms with Crippen LogP contribution < -0.4 is 5.32 Å². The number of nitrogens with one attached hydrogen (secondary N) is 1. The summed E-state index contributed by atoms with van der Waals surface area (Å²) in [5.41, 5.74) is -0.163. The van der Waals surface area contributed by atoms with Gasteiger partial charge >= 0.3 is 0 Å². The number of rotatable bonds is 6. The zero-order chi connectivity index (χ0) is 15.5. The van der Waals surface area contributed by atoms with Crippen molar-refractivity contribution in [2.24, 2.45) is 11.3 Å². The van der Waals surface area contributed by atoms with Crippen molar-refractivity contribution in [3.63, 3.8) is 0 Å². The van der Waals surface area contributed by atoms with Gasteiger partial charge in [0.1, 0.15) is 0 Å². The van der Waals surface area contributed by atoms with Gasteiger partial charge in [-0.15, -0.1) is 0 Å². The van der Waals surface area contributed by atoms with Crippen LogP contribution in [0.2, 0.25) is 0 Å². The Hall–Kier alpha value is -0.900. The van der Waals surface area contributed by atoms with E-state index < -0.39 is 0 Å². The average Bonchev–Trinajstić information content (AvgIpc) is 2.81. The first-order chi connectivity index (χ1) is 9.93. The van der Waals surface area contributed by atoms with Gasteiger partial charge in [0, 0.05) is 25.4 Å². The molecule has 0 aromatic heterocycles. The van der Waals surface area contributed by atoms with E-state index in [1.54, 1.807) is 0 Å². The quantitative estimate of drug-likeness (QED) is 0.766. The van der Waals surface area contributed by atoms with Gasteiger partial charge in [0.25, 0.3) is 0 Å². The van der Waals surface area contributed by atoms with E-state index in [0.717, 1.165) is 19.4 Å². The molecular weight excluding hydrogens is 264 g/mol. The number of nitrogens with zero attached hydrogens (tertiary/aromatic N) is 1. The van der Waals surface area contributed by atoms with Crippen LogP contribution in [0.1, 0.15) is 65.7 Å². The van der Waals surface area contributed by atoms with Crippen molar-refractivity contribution in [3.05, 3.63) is 0 Å². The van der Waals surface area contributed by atoms with E-state index in [4.69, 9.17) is 0 Å². The lowest BCUT2D eigenvalue weighted by atomic mass is 9.81. The first-order valence-corrected chi connectivity index (χ1v) is 8.49. The molecule has 1 saturated heterocycles. The summed E-state index contributed by atoms with van der Waals surface area (Å²) in [5, 5.41) is 3.62. The van der Waals surface area contributed by atoms with Crippen molar-refractivity contribution in [1.82, 2.24) is 10.2 Å². The monoisotopic (exact) mass is 294 g/mol. The number of piperidine rings is 1. The summed E-state index contributed by atoms with van der Waals surface area (Å²) in [7, 11) is 0. The van der Waals surface area contributed by atoms with Crippen LogP contribution >= 0.6 is 0 Å². The Morgan fingerprint density at radius 1 is 1.19 bits per heavy atom. The number of carbonyl (C=O) groups excluding carboxylic acids is 2. The maximum absolute atomic E-state index is 12.2. The van der Waals surface area contributed by atoms with Crippen molar-refractivity contribution in [3.8, 4) is 0 Å². The largest absolute Gasteiger partial charge is 0.314 e. The zero-order valence-electron chi connectivity index (χ0n) is 13.8. The van der Waals surface area contributed by atoms with E-state index in [1.165, 1.54) is 24.2 Å². The molecule has 1 heterocycles. The molecule has 1 aliphatic carbocycles.